The highest BCUT2D eigenvalue weighted by Crippen LogP contribution is 2.32. The van der Waals surface area contributed by atoms with Gasteiger partial charge in [-0.25, -0.2) is 0 Å². The van der Waals surface area contributed by atoms with E-state index in [1.54, 1.807) is 0 Å². The van der Waals surface area contributed by atoms with E-state index in [1.165, 1.54) is 22.4 Å². The summed E-state index contributed by atoms with van der Waals surface area (Å²) in [6, 6.07) is 17.6. The summed E-state index contributed by atoms with van der Waals surface area (Å²) >= 11 is 0. The number of aryl methyl sites for hydroxylation is 1. The molecule has 0 spiro atoms. The Morgan fingerprint density at radius 1 is 1.07 bits per heavy atom. The molecule has 27 heavy (non-hydrogen) atoms. The fourth-order valence-corrected chi connectivity index (χ4v) is 4.49. The van der Waals surface area contributed by atoms with E-state index in [0.717, 1.165) is 26.1 Å². The molecule has 0 aliphatic carbocycles. The van der Waals surface area contributed by atoms with Crippen LogP contribution in [0.25, 0.3) is 0 Å². The minimum atomic E-state index is 0.244. The zero-order valence-corrected chi connectivity index (χ0v) is 16.6. The first-order chi connectivity index (χ1) is 13.0. The number of likely N-dealkylation sites (N-methyl/N-ethyl adjacent to an activating group) is 1. The van der Waals surface area contributed by atoms with Crippen LogP contribution in [0.1, 0.15) is 22.6 Å². The summed E-state index contributed by atoms with van der Waals surface area (Å²) in [5.41, 5.74) is 5.19. The molecule has 2 aromatic carbocycles. The molecule has 0 saturated carbocycles. The van der Waals surface area contributed by atoms with Gasteiger partial charge in [0.1, 0.15) is 0 Å². The number of hydrogen-bond acceptors (Lipinski definition) is 3. The molecule has 0 bridgehead atoms. The molecule has 0 N–H and O–H groups in total. The molecule has 0 radical (unpaired) electrons. The summed E-state index contributed by atoms with van der Waals surface area (Å²) in [5, 5.41) is 0. The Kier molecular flexibility index (Phi) is 4.92. The quantitative estimate of drug-likeness (QED) is 0.836. The lowest BCUT2D eigenvalue weighted by Crippen LogP contribution is -2.40. The van der Waals surface area contributed by atoms with Crippen LogP contribution in [0.5, 0.6) is 0 Å². The number of likely N-dealkylation sites (tertiary alicyclic amines) is 1. The highest BCUT2D eigenvalue weighted by atomic mass is 16.2. The van der Waals surface area contributed by atoms with Crippen LogP contribution in [0.4, 0.5) is 5.69 Å². The number of carbonyl (C=O) groups excluding carboxylic acids is 1. The van der Waals surface area contributed by atoms with E-state index in [-0.39, 0.29) is 5.91 Å². The van der Waals surface area contributed by atoms with Crippen molar-refractivity contribution in [3.05, 3.63) is 65.2 Å². The fraction of sp³-hybridized carbons (Fsp3) is 0.435. The van der Waals surface area contributed by atoms with Gasteiger partial charge in [0.15, 0.2) is 0 Å². The average Bonchev–Trinajstić information content (AvgIpc) is 3.28. The van der Waals surface area contributed by atoms with Gasteiger partial charge in [-0.2, -0.15) is 0 Å². The van der Waals surface area contributed by atoms with Gasteiger partial charge < -0.3 is 14.7 Å². The van der Waals surface area contributed by atoms with Crippen LogP contribution in [0.3, 0.4) is 0 Å². The van der Waals surface area contributed by atoms with Crippen molar-refractivity contribution in [2.24, 2.45) is 0 Å². The standard InChI is InChI=1S/C23H29N3O/c1-17-8-10-18(11-9-17)20-14-26(15-22(20)24(2)3)23(27)16-25-13-12-19-6-4-5-7-21(19)25/h4-11,20,22H,12-16H2,1-3H3/t20-,22+/m0/s1. The SMILES string of the molecule is Cc1ccc([C@@H]2CN(C(=O)CN3CCc4ccccc43)C[C@H]2N(C)C)cc1. The molecule has 0 aromatic heterocycles. The van der Waals surface area contributed by atoms with Gasteiger partial charge in [-0.15, -0.1) is 0 Å². The molecule has 2 atom stereocenters. The van der Waals surface area contributed by atoms with E-state index in [1.807, 2.05) is 0 Å². The number of anilines is 1. The van der Waals surface area contributed by atoms with Crippen LogP contribution in [-0.2, 0) is 11.2 Å². The number of hydrogen-bond donors (Lipinski definition) is 0. The maximum atomic E-state index is 13.1. The highest BCUT2D eigenvalue weighted by molar-refractivity contribution is 5.83. The Hall–Kier alpha value is -2.33. The van der Waals surface area contributed by atoms with Crippen molar-refractivity contribution < 1.29 is 4.79 Å². The zero-order valence-electron chi connectivity index (χ0n) is 16.6. The third-order valence-corrected chi connectivity index (χ3v) is 6.12. The van der Waals surface area contributed by atoms with Crippen molar-refractivity contribution in [2.75, 3.05) is 45.2 Å². The van der Waals surface area contributed by atoms with Gasteiger partial charge in [0.25, 0.3) is 0 Å². The third-order valence-electron chi connectivity index (χ3n) is 6.12. The Labute approximate surface area is 162 Å². The maximum Gasteiger partial charge on any atom is 0.242 e. The fourth-order valence-electron chi connectivity index (χ4n) is 4.49. The van der Waals surface area contributed by atoms with Gasteiger partial charge in [0, 0.05) is 37.3 Å². The molecule has 1 amide bonds. The van der Waals surface area contributed by atoms with Crippen LogP contribution < -0.4 is 4.90 Å². The summed E-state index contributed by atoms with van der Waals surface area (Å²) in [7, 11) is 4.24. The molecule has 142 valence electrons. The number of nitrogens with zero attached hydrogens (tertiary/aromatic N) is 3. The monoisotopic (exact) mass is 363 g/mol. The smallest absolute Gasteiger partial charge is 0.242 e. The van der Waals surface area contributed by atoms with Crippen molar-refractivity contribution >= 4 is 11.6 Å². The van der Waals surface area contributed by atoms with Crippen LogP contribution in [0, 0.1) is 6.92 Å². The Bertz CT molecular complexity index is 815. The van der Waals surface area contributed by atoms with Crippen LogP contribution in [0.15, 0.2) is 48.5 Å². The van der Waals surface area contributed by atoms with E-state index >= 15 is 0 Å². The minimum absolute atomic E-state index is 0.244. The second-order valence-electron chi connectivity index (χ2n) is 8.15. The molecule has 1 fully saturated rings. The average molecular weight is 364 g/mol. The summed E-state index contributed by atoms with van der Waals surface area (Å²) < 4.78 is 0. The number of para-hydroxylation sites is 1. The lowest BCUT2D eigenvalue weighted by Gasteiger charge is -2.25. The Morgan fingerprint density at radius 3 is 2.56 bits per heavy atom. The molecule has 0 unspecified atom stereocenters. The minimum Gasteiger partial charge on any atom is -0.362 e. The highest BCUT2D eigenvalue weighted by Gasteiger charge is 2.37. The lowest BCUT2D eigenvalue weighted by atomic mass is 9.93. The van der Waals surface area contributed by atoms with Crippen molar-refractivity contribution in [1.29, 1.82) is 0 Å². The molecule has 1 saturated heterocycles. The number of rotatable bonds is 4. The van der Waals surface area contributed by atoms with E-state index in [0.29, 0.717) is 18.5 Å². The normalized spacial score (nSPS) is 21.8. The molecule has 2 aromatic rings. The second kappa shape index (κ2) is 7.35. The van der Waals surface area contributed by atoms with Gasteiger partial charge in [0.2, 0.25) is 5.91 Å². The predicted octanol–water partition coefficient (Wildman–Crippen LogP) is 2.91. The van der Waals surface area contributed by atoms with Crippen molar-refractivity contribution in [3.63, 3.8) is 0 Å². The third kappa shape index (κ3) is 3.59. The van der Waals surface area contributed by atoms with E-state index in [9.17, 15) is 4.79 Å². The first-order valence-corrected chi connectivity index (χ1v) is 9.86. The first kappa shape index (κ1) is 18.1. The van der Waals surface area contributed by atoms with E-state index in [2.05, 4.69) is 84.2 Å². The molecular weight excluding hydrogens is 334 g/mol. The molecule has 4 nitrogen and oxygen atoms in total. The zero-order chi connectivity index (χ0) is 19.0. The van der Waals surface area contributed by atoms with Crippen LogP contribution in [-0.4, -0.2) is 62.0 Å². The molecular formula is C23H29N3O. The van der Waals surface area contributed by atoms with Gasteiger partial charge in [-0.1, -0.05) is 48.0 Å². The lowest BCUT2D eigenvalue weighted by molar-refractivity contribution is -0.128. The number of benzene rings is 2. The van der Waals surface area contributed by atoms with Crippen LogP contribution in [0.2, 0.25) is 0 Å². The Morgan fingerprint density at radius 2 is 1.81 bits per heavy atom. The number of amides is 1. The topological polar surface area (TPSA) is 26.8 Å². The van der Waals surface area contributed by atoms with Gasteiger partial charge in [0.05, 0.1) is 6.54 Å². The van der Waals surface area contributed by atoms with Gasteiger partial charge in [-0.05, 0) is 44.6 Å². The van der Waals surface area contributed by atoms with Crippen molar-refractivity contribution in [3.8, 4) is 0 Å². The molecule has 2 aliphatic heterocycles. The molecule has 4 heteroatoms. The van der Waals surface area contributed by atoms with E-state index in [4.69, 9.17) is 0 Å². The summed E-state index contributed by atoms with van der Waals surface area (Å²) in [6.07, 6.45) is 1.04. The van der Waals surface area contributed by atoms with Crippen molar-refractivity contribution in [2.45, 2.75) is 25.3 Å². The molecule has 2 heterocycles. The number of carbonyl (C=O) groups is 1. The summed E-state index contributed by atoms with van der Waals surface area (Å²) in [4.78, 5) is 19.6. The predicted molar refractivity (Wildman–Crippen MR) is 110 cm³/mol. The summed E-state index contributed by atoms with van der Waals surface area (Å²) in [6.45, 7) is 5.15. The van der Waals surface area contributed by atoms with Crippen molar-refractivity contribution in [1.82, 2.24) is 9.80 Å². The van der Waals surface area contributed by atoms with E-state index < -0.39 is 0 Å². The summed E-state index contributed by atoms with van der Waals surface area (Å²) in [5.74, 6) is 0.614. The van der Waals surface area contributed by atoms with Gasteiger partial charge in [-0.3, -0.25) is 4.79 Å². The second-order valence-corrected chi connectivity index (χ2v) is 8.15. The first-order valence-electron chi connectivity index (χ1n) is 9.86. The van der Waals surface area contributed by atoms with Crippen LogP contribution >= 0.6 is 0 Å². The molecule has 2 aliphatic rings. The largest absolute Gasteiger partial charge is 0.362 e. The molecule has 4 rings (SSSR count). The van der Waals surface area contributed by atoms with Gasteiger partial charge >= 0.3 is 0 Å². The number of fused-ring (bicyclic) bond motifs is 1. The maximum absolute atomic E-state index is 13.1. The Balaban J connectivity index is 1.48.